The summed E-state index contributed by atoms with van der Waals surface area (Å²) in [6.45, 7) is 2.28. The van der Waals surface area contributed by atoms with Gasteiger partial charge in [-0.15, -0.1) is 0 Å². The molecule has 10 heteroatoms. The fourth-order valence-electron chi connectivity index (χ4n) is 1.64. The number of aromatic nitrogens is 7. The first-order chi connectivity index (χ1) is 10.2. The summed E-state index contributed by atoms with van der Waals surface area (Å²) in [4.78, 5) is 16.6. The first-order valence-electron chi connectivity index (χ1n) is 6.19. The lowest BCUT2D eigenvalue weighted by Gasteiger charge is -2.07. The van der Waals surface area contributed by atoms with Crippen molar-refractivity contribution in [3.63, 3.8) is 0 Å². The van der Waals surface area contributed by atoms with E-state index in [0.29, 0.717) is 30.2 Å². The highest BCUT2D eigenvalue weighted by Gasteiger charge is 2.09. The summed E-state index contributed by atoms with van der Waals surface area (Å²) in [5.41, 5.74) is 0.821. The molecule has 0 aliphatic carbocycles. The Kier molecular flexibility index (Phi) is 3.41. The maximum atomic E-state index is 5.12. The van der Waals surface area contributed by atoms with Crippen LogP contribution in [0.25, 0.3) is 5.95 Å². The first-order valence-corrected chi connectivity index (χ1v) is 6.19. The molecule has 3 heterocycles. The fraction of sp³-hybridized carbons (Fsp3) is 0.273. The van der Waals surface area contributed by atoms with Crippen LogP contribution in [-0.2, 0) is 6.54 Å². The molecule has 3 aromatic heterocycles. The molecule has 0 saturated heterocycles. The van der Waals surface area contributed by atoms with Crippen molar-refractivity contribution in [3.05, 3.63) is 30.2 Å². The molecule has 0 atom stereocenters. The van der Waals surface area contributed by atoms with Gasteiger partial charge in [-0.1, -0.05) is 5.16 Å². The predicted molar refractivity (Wildman–Crippen MR) is 72.9 cm³/mol. The average Bonchev–Trinajstić information content (AvgIpc) is 3.16. The van der Waals surface area contributed by atoms with Crippen LogP contribution >= 0.6 is 0 Å². The number of aryl methyl sites for hydroxylation is 1. The van der Waals surface area contributed by atoms with Gasteiger partial charge in [-0.3, -0.25) is 0 Å². The summed E-state index contributed by atoms with van der Waals surface area (Å²) in [7, 11) is 1.73. The summed E-state index contributed by atoms with van der Waals surface area (Å²) in [5, 5.41) is 13.7. The van der Waals surface area contributed by atoms with Crippen LogP contribution < -0.4 is 10.6 Å². The van der Waals surface area contributed by atoms with Crippen molar-refractivity contribution in [2.75, 3.05) is 17.7 Å². The molecule has 108 valence electrons. The van der Waals surface area contributed by atoms with E-state index in [1.807, 2.05) is 13.0 Å². The average molecular weight is 287 g/mol. The summed E-state index contributed by atoms with van der Waals surface area (Å²) < 4.78 is 6.57. The molecule has 0 aliphatic rings. The van der Waals surface area contributed by atoms with E-state index in [2.05, 4.69) is 40.8 Å². The highest BCUT2D eigenvalue weighted by molar-refractivity contribution is 5.37. The minimum atomic E-state index is 0.364. The van der Waals surface area contributed by atoms with Crippen LogP contribution in [0.4, 0.5) is 11.9 Å². The molecule has 10 nitrogen and oxygen atoms in total. The molecule has 0 unspecified atom stereocenters. The number of hydrogen-bond acceptors (Lipinski definition) is 9. The fourth-order valence-corrected chi connectivity index (χ4v) is 1.64. The number of nitrogens with zero attached hydrogens (tertiary/aromatic N) is 7. The van der Waals surface area contributed by atoms with E-state index in [-0.39, 0.29) is 0 Å². The van der Waals surface area contributed by atoms with Crippen LogP contribution in [0.5, 0.6) is 0 Å². The van der Waals surface area contributed by atoms with Gasteiger partial charge in [0.05, 0.1) is 12.2 Å². The van der Waals surface area contributed by atoms with Crippen molar-refractivity contribution in [2.45, 2.75) is 13.5 Å². The molecule has 0 radical (unpaired) electrons. The third kappa shape index (κ3) is 2.94. The first kappa shape index (κ1) is 13.0. The normalized spacial score (nSPS) is 10.6. The Bertz CT molecular complexity index is 721. The van der Waals surface area contributed by atoms with E-state index in [1.54, 1.807) is 7.05 Å². The summed E-state index contributed by atoms with van der Waals surface area (Å²) in [6.07, 6.45) is 2.92. The van der Waals surface area contributed by atoms with Gasteiger partial charge in [0.1, 0.15) is 12.7 Å². The number of anilines is 2. The molecule has 0 aliphatic heterocycles. The zero-order chi connectivity index (χ0) is 14.7. The molecule has 2 N–H and O–H groups in total. The van der Waals surface area contributed by atoms with Gasteiger partial charge in [-0.05, 0) is 6.92 Å². The summed E-state index contributed by atoms with van der Waals surface area (Å²) >= 11 is 0. The van der Waals surface area contributed by atoms with Gasteiger partial charge < -0.3 is 15.2 Å². The molecule has 0 spiro atoms. The molecule has 0 aromatic carbocycles. The zero-order valence-corrected chi connectivity index (χ0v) is 11.5. The van der Waals surface area contributed by atoms with Crippen molar-refractivity contribution in [1.82, 2.24) is 34.9 Å². The number of hydrogen-bond donors (Lipinski definition) is 2. The largest absolute Gasteiger partial charge is 0.359 e. The predicted octanol–water partition coefficient (Wildman–Crippen LogP) is 0.403. The Morgan fingerprint density at radius 1 is 1.24 bits per heavy atom. The second-order valence-electron chi connectivity index (χ2n) is 4.16. The van der Waals surface area contributed by atoms with Crippen molar-refractivity contribution in [2.24, 2.45) is 0 Å². The maximum absolute atomic E-state index is 5.12. The molecule has 0 fully saturated rings. The Balaban J connectivity index is 1.82. The van der Waals surface area contributed by atoms with Crippen molar-refractivity contribution in [1.29, 1.82) is 0 Å². The Morgan fingerprint density at radius 2 is 2.10 bits per heavy atom. The van der Waals surface area contributed by atoms with Crippen molar-refractivity contribution < 1.29 is 4.52 Å². The Hall–Kier alpha value is -3.04. The lowest BCUT2D eigenvalue weighted by molar-refractivity contribution is 0.384. The molecule has 0 amide bonds. The topological polar surface area (TPSA) is 119 Å². The SMILES string of the molecule is CNc1nc(NCc2cc(C)no2)nc(-n2cncn2)n1. The van der Waals surface area contributed by atoms with Crippen LogP contribution in [0.2, 0.25) is 0 Å². The maximum Gasteiger partial charge on any atom is 0.258 e. The second kappa shape index (κ2) is 5.53. The lowest BCUT2D eigenvalue weighted by atomic mass is 10.4. The standard InChI is InChI=1S/C11H13N9O/c1-7-3-8(21-19-7)4-14-10-16-9(12-2)17-11(18-10)20-6-13-5-15-20/h3,5-6H,4H2,1-2H3,(H2,12,14,16,17,18). The molecule has 3 rings (SSSR count). The smallest absolute Gasteiger partial charge is 0.258 e. The van der Waals surface area contributed by atoms with Crippen molar-refractivity contribution >= 4 is 11.9 Å². The van der Waals surface area contributed by atoms with E-state index in [4.69, 9.17) is 4.52 Å². The quantitative estimate of drug-likeness (QED) is 0.687. The lowest BCUT2D eigenvalue weighted by Crippen LogP contribution is -2.11. The van der Waals surface area contributed by atoms with Gasteiger partial charge in [0, 0.05) is 13.1 Å². The molecule has 0 saturated carbocycles. The Labute approximate surface area is 119 Å². The minimum absolute atomic E-state index is 0.364. The summed E-state index contributed by atoms with van der Waals surface area (Å²) in [5.74, 6) is 1.88. The molecular weight excluding hydrogens is 274 g/mol. The highest BCUT2D eigenvalue weighted by atomic mass is 16.5. The van der Waals surface area contributed by atoms with Gasteiger partial charge in [-0.25, -0.2) is 4.98 Å². The third-order valence-electron chi connectivity index (χ3n) is 2.57. The van der Waals surface area contributed by atoms with Crippen LogP contribution in [-0.4, -0.2) is 41.9 Å². The monoisotopic (exact) mass is 287 g/mol. The van der Waals surface area contributed by atoms with E-state index in [9.17, 15) is 0 Å². The van der Waals surface area contributed by atoms with Gasteiger partial charge in [0.15, 0.2) is 5.76 Å². The highest BCUT2D eigenvalue weighted by Crippen LogP contribution is 2.10. The van der Waals surface area contributed by atoms with Crippen molar-refractivity contribution in [3.8, 4) is 5.95 Å². The van der Waals surface area contributed by atoms with E-state index < -0.39 is 0 Å². The van der Waals surface area contributed by atoms with E-state index in [1.165, 1.54) is 17.3 Å². The van der Waals surface area contributed by atoms with Crippen LogP contribution in [0.1, 0.15) is 11.5 Å². The van der Waals surface area contributed by atoms with Crippen LogP contribution in [0.3, 0.4) is 0 Å². The zero-order valence-electron chi connectivity index (χ0n) is 11.5. The van der Waals surface area contributed by atoms with E-state index in [0.717, 1.165) is 5.69 Å². The van der Waals surface area contributed by atoms with Gasteiger partial charge in [0.2, 0.25) is 11.9 Å². The van der Waals surface area contributed by atoms with Gasteiger partial charge in [-0.2, -0.15) is 24.7 Å². The third-order valence-corrected chi connectivity index (χ3v) is 2.57. The van der Waals surface area contributed by atoms with Gasteiger partial charge in [0.25, 0.3) is 5.95 Å². The number of nitrogens with one attached hydrogen (secondary N) is 2. The van der Waals surface area contributed by atoms with Crippen LogP contribution in [0.15, 0.2) is 23.2 Å². The molecule has 21 heavy (non-hydrogen) atoms. The Morgan fingerprint density at radius 3 is 2.76 bits per heavy atom. The number of rotatable bonds is 5. The second-order valence-corrected chi connectivity index (χ2v) is 4.16. The van der Waals surface area contributed by atoms with Gasteiger partial charge >= 0.3 is 0 Å². The molecular formula is C11H13N9O. The summed E-state index contributed by atoms with van der Waals surface area (Å²) in [6, 6.07) is 1.84. The van der Waals surface area contributed by atoms with E-state index >= 15 is 0 Å². The van der Waals surface area contributed by atoms with Crippen LogP contribution in [0, 0.1) is 6.92 Å². The minimum Gasteiger partial charge on any atom is -0.359 e. The molecule has 0 bridgehead atoms. The molecule has 3 aromatic rings.